The van der Waals surface area contributed by atoms with Crippen LogP contribution in [0.1, 0.15) is 79.8 Å². The molecule has 4 amide bonds. The maximum absolute atomic E-state index is 13.6. The smallest absolute Gasteiger partial charge is 0.441 e. The lowest BCUT2D eigenvalue weighted by Crippen LogP contribution is -2.29. The van der Waals surface area contributed by atoms with Crippen molar-refractivity contribution >= 4 is 87.1 Å². The lowest BCUT2D eigenvalue weighted by molar-refractivity contribution is 0.101. The summed E-state index contributed by atoms with van der Waals surface area (Å²) in [5, 5.41) is 36.5. The Kier molecular flexibility index (Phi) is 18.1. The average molecular weight is 1170 g/mol. The molecule has 78 heavy (non-hydrogen) atoms. The highest BCUT2D eigenvalue weighted by molar-refractivity contribution is 9.10. The third-order valence-corrected chi connectivity index (χ3v) is 14.1. The van der Waals surface area contributed by atoms with Gasteiger partial charge in [-0.2, -0.15) is 10.2 Å². The zero-order valence-electron chi connectivity index (χ0n) is 42.2. The summed E-state index contributed by atoms with van der Waals surface area (Å²) in [7, 11) is 5.68. The van der Waals surface area contributed by atoms with Crippen LogP contribution >= 0.6 is 39.1 Å². The number of hydrogen-bond donors (Lipinski definition) is 6. The number of carbonyl (C=O) groups excluding carboxylic acids is 4. The highest BCUT2D eigenvalue weighted by atomic mass is 79.9. The number of fused-ring (bicyclic) bond motifs is 2. The molecule has 10 rings (SSSR count). The fourth-order valence-corrected chi connectivity index (χ4v) is 10.1. The molecule has 20 nitrogen and oxygen atoms in total. The Bertz CT molecular complexity index is 3490. The van der Waals surface area contributed by atoms with Gasteiger partial charge in [0.15, 0.2) is 24.9 Å². The third kappa shape index (κ3) is 13.3. The monoisotopic (exact) mass is 1170 g/mol. The molecule has 404 valence electrons. The van der Waals surface area contributed by atoms with Gasteiger partial charge in [-0.15, -0.1) is 0 Å². The number of rotatable bonds is 12. The first-order valence-corrected chi connectivity index (χ1v) is 25.5. The van der Waals surface area contributed by atoms with E-state index in [-0.39, 0.29) is 47.2 Å². The number of carbonyl (C=O) groups is 4. The normalized spacial score (nSPS) is 13.9. The van der Waals surface area contributed by atoms with E-state index in [9.17, 15) is 28.0 Å². The number of alkyl carbamates (subject to hydrolysis) is 2. The van der Waals surface area contributed by atoms with Crippen molar-refractivity contribution in [1.29, 1.82) is 0 Å². The van der Waals surface area contributed by atoms with Gasteiger partial charge < -0.3 is 49.9 Å². The van der Waals surface area contributed by atoms with Crippen molar-refractivity contribution in [1.82, 2.24) is 49.3 Å². The number of ether oxygens (including phenoxy) is 2. The lowest BCUT2D eigenvalue weighted by atomic mass is 9.81. The van der Waals surface area contributed by atoms with Gasteiger partial charge in [-0.05, 0) is 100 Å². The molecule has 0 fully saturated rings. The van der Waals surface area contributed by atoms with Gasteiger partial charge in [-0.25, -0.2) is 28.3 Å². The van der Waals surface area contributed by atoms with Crippen LogP contribution in [0.15, 0.2) is 114 Å². The maximum atomic E-state index is 13.6. The van der Waals surface area contributed by atoms with Crippen molar-refractivity contribution in [2.45, 2.75) is 51.0 Å². The Labute approximate surface area is 464 Å². The van der Waals surface area contributed by atoms with Gasteiger partial charge in [0.25, 0.3) is 11.8 Å². The third-order valence-electron chi connectivity index (χ3n) is 12.5. The van der Waals surface area contributed by atoms with Crippen molar-refractivity contribution in [2.75, 3.05) is 10.6 Å². The Hall–Kier alpha value is -7.90. The molecule has 4 aromatic carbocycles. The molecule has 2 aliphatic rings. The van der Waals surface area contributed by atoms with E-state index in [1.54, 1.807) is 50.0 Å². The molecule has 2 aliphatic carbocycles. The van der Waals surface area contributed by atoms with Gasteiger partial charge in [-0.3, -0.25) is 19.0 Å². The van der Waals surface area contributed by atoms with Gasteiger partial charge in [0.2, 0.25) is 0 Å². The van der Waals surface area contributed by atoms with Crippen LogP contribution < -0.4 is 26.7 Å². The molecule has 0 saturated heterocycles. The van der Waals surface area contributed by atoms with E-state index in [1.165, 1.54) is 58.4 Å². The van der Waals surface area contributed by atoms with Crippen LogP contribution in [-0.2, 0) is 63.7 Å². The van der Waals surface area contributed by atoms with Gasteiger partial charge in [0.05, 0.1) is 32.4 Å². The average Bonchev–Trinajstić information content (AvgIpc) is 4.37. The highest BCUT2D eigenvalue weighted by Crippen LogP contribution is 2.43. The molecular formula is C52H50BBrCl2F2N12O8. The number of hydrogen-bond acceptors (Lipinski definition) is 12. The first kappa shape index (κ1) is 56.3. The van der Waals surface area contributed by atoms with Crippen molar-refractivity contribution < 1.29 is 47.5 Å². The summed E-state index contributed by atoms with van der Waals surface area (Å²) in [6.45, 7) is -0.101. The molecule has 0 bridgehead atoms. The highest BCUT2D eigenvalue weighted by Gasteiger charge is 2.37. The van der Waals surface area contributed by atoms with E-state index >= 15 is 0 Å². The number of aryl methyl sites for hydroxylation is 2. The van der Waals surface area contributed by atoms with Crippen LogP contribution in [0.5, 0.6) is 0 Å². The quantitative estimate of drug-likeness (QED) is 0.0637. The summed E-state index contributed by atoms with van der Waals surface area (Å²) in [6, 6.07) is 25.6. The van der Waals surface area contributed by atoms with E-state index in [4.69, 9.17) is 42.7 Å². The summed E-state index contributed by atoms with van der Waals surface area (Å²) in [6.07, 6.45) is 4.24. The number of halogens is 5. The predicted octanol–water partition coefficient (Wildman–Crippen LogP) is 8.02. The van der Waals surface area contributed by atoms with Gasteiger partial charge in [0.1, 0.15) is 35.7 Å². The number of benzene rings is 4. The van der Waals surface area contributed by atoms with Crippen LogP contribution in [0.4, 0.5) is 29.7 Å². The van der Waals surface area contributed by atoms with Gasteiger partial charge >= 0.3 is 19.3 Å². The molecule has 4 aromatic heterocycles. The SMILES string of the molecule is Cn1cnc(COC(=O)NC2CCc3c2c(-c2ccccc2)n(C)c3C(=O)Nc2ccc(F)c(Cl)c2)n1.Cn1cnc(COC(=O)NC2CCc3c2c(Br)n(C)c3C(=O)Nc2ccc(F)c(Cl)c2)n1.OB(O)c1ccccc1. The van der Waals surface area contributed by atoms with E-state index in [0.717, 1.165) is 33.5 Å². The van der Waals surface area contributed by atoms with Crippen LogP contribution in [0.3, 0.4) is 0 Å². The molecule has 0 aliphatic heterocycles. The minimum Gasteiger partial charge on any atom is -0.441 e. The largest absolute Gasteiger partial charge is 0.488 e. The maximum Gasteiger partial charge on any atom is 0.488 e. The first-order chi connectivity index (χ1) is 37.4. The Balaban J connectivity index is 0.000000179. The predicted molar refractivity (Wildman–Crippen MR) is 290 cm³/mol. The van der Waals surface area contributed by atoms with Crippen molar-refractivity contribution in [3.8, 4) is 11.3 Å². The number of aromatic nitrogens is 8. The number of anilines is 2. The zero-order valence-corrected chi connectivity index (χ0v) is 45.3. The molecular weight excluding hydrogens is 1120 g/mol. The molecule has 6 N–H and O–H groups in total. The summed E-state index contributed by atoms with van der Waals surface area (Å²) in [4.78, 5) is 59.4. The molecule has 0 radical (unpaired) electrons. The number of nitrogens with zero attached hydrogens (tertiary/aromatic N) is 8. The topological polar surface area (TPSA) is 247 Å². The molecule has 2 unspecified atom stereocenters. The fraction of sp³-hybridized carbons (Fsp3) is 0.231. The summed E-state index contributed by atoms with van der Waals surface area (Å²) in [5.41, 5.74) is 7.28. The number of nitrogens with one attached hydrogen (secondary N) is 4. The van der Waals surface area contributed by atoms with Crippen molar-refractivity contribution in [3.05, 3.63) is 181 Å². The van der Waals surface area contributed by atoms with Crippen LogP contribution in [0.25, 0.3) is 11.3 Å². The number of amides is 4. The van der Waals surface area contributed by atoms with Crippen LogP contribution in [-0.4, -0.2) is 79.8 Å². The van der Waals surface area contributed by atoms with Gasteiger partial charge in [-0.1, -0.05) is 83.9 Å². The molecule has 0 saturated carbocycles. The first-order valence-electron chi connectivity index (χ1n) is 24.0. The second kappa shape index (κ2) is 25.1. The second-order valence-corrected chi connectivity index (χ2v) is 19.4. The molecule has 0 spiro atoms. The lowest BCUT2D eigenvalue weighted by Gasteiger charge is -2.17. The van der Waals surface area contributed by atoms with Crippen molar-refractivity contribution in [3.63, 3.8) is 0 Å². The Morgan fingerprint density at radius 1 is 0.667 bits per heavy atom. The summed E-state index contributed by atoms with van der Waals surface area (Å²) >= 11 is 15.2. The van der Waals surface area contributed by atoms with Crippen LogP contribution in [0, 0.1) is 11.6 Å². The zero-order chi connectivity index (χ0) is 55.8. The Morgan fingerprint density at radius 2 is 1.12 bits per heavy atom. The minimum absolute atomic E-state index is 0.0455. The molecule has 4 heterocycles. The van der Waals surface area contributed by atoms with E-state index < -0.39 is 30.9 Å². The molecule has 2 atom stereocenters. The van der Waals surface area contributed by atoms with E-state index in [2.05, 4.69) is 57.4 Å². The Morgan fingerprint density at radius 3 is 1.55 bits per heavy atom. The van der Waals surface area contributed by atoms with E-state index in [0.29, 0.717) is 70.2 Å². The minimum atomic E-state index is -1.34. The van der Waals surface area contributed by atoms with Crippen molar-refractivity contribution in [2.24, 2.45) is 28.2 Å². The van der Waals surface area contributed by atoms with Gasteiger partial charge in [0, 0.05) is 50.7 Å². The van der Waals surface area contributed by atoms with E-state index in [1.807, 2.05) is 48.0 Å². The van der Waals surface area contributed by atoms with Crippen LogP contribution in [0.2, 0.25) is 10.0 Å². The molecule has 26 heteroatoms. The fourth-order valence-electron chi connectivity index (χ4n) is 9.09. The second-order valence-electron chi connectivity index (χ2n) is 17.8. The summed E-state index contributed by atoms with van der Waals surface area (Å²) < 4.78 is 44.8. The standard InChI is InChI=1S/C26H24ClFN6O3.C20H19BrClFN6O3.C6H7BO2/c1-33-14-29-21(32-33)13-37-26(36)31-20-11-9-17-22(20)23(15-6-4-3-5-7-15)34(2)24(17)25(35)30-16-8-10-19(28)18(27)12-16;1-28-9-24-15(27-28)8-32-20(31)26-14-6-4-11-16(14)18(21)29(2)17(11)19(30)25-10-3-5-13(23)12(22)7-10;8-7(9)6-4-2-1-3-5-6/h3-8,10,12,14,20H,9,11,13H2,1-2H3,(H,30,35)(H,31,36);3,5,7,9,14H,4,6,8H2,1-2H3,(H,25,30)(H,26,31);1-5,8-9H. The summed E-state index contributed by atoms with van der Waals surface area (Å²) in [5.74, 6) is -1.04. The molecule has 8 aromatic rings.